The molecule has 94 valence electrons. The number of aromatic nitrogens is 1. The van der Waals surface area contributed by atoms with Crippen LogP contribution in [0.5, 0.6) is 11.5 Å². The zero-order chi connectivity index (χ0) is 13.2. The van der Waals surface area contributed by atoms with Crippen LogP contribution in [0.25, 0.3) is 10.9 Å². The SMILES string of the molecule is Cc1ccc(Oc2ccnc3cc(N)ccc23)cc1. The summed E-state index contributed by atoms with van der Waals surface area (Å²) in [5.41, 5.74) is 8.51. The van der Waals surface area contributed by atoms with E-state index in [9.17, 15) is 0 Å². The average Bonchev–Trinajstić information content (AvgIpc) is 2.41. The van der Waals surface area contributed by atoms with Crippen LogP contribution >= 0.6 is 0 Å². The Morgan fingerprint density at radius 1 is 1.00 bits per heavy atom. The number of rotatable bonds is 2. The summed E-state index contributed by atoms with van der Waals surface area (Å²) < 4.78 is 5.91. The second-order valence-electron chi connectivity index (χ2n) is 4.50. The fourth-order valence-electron chi connectivity index (χ4n) is 1.96. The van der Waals surface area contributed by atoms with Gasteiger partial charge in [-0.3, -0.25) is 4.98 Å². The molecule has 0 atom stereocenters. The molecule has 0 radical (unpaired) electrons. The smallest absolute Gasteiger partial charge is 0.138 e. The number of pyridine rings is 1. The van der Waals surface area contributed by atoms with Gasteiger partial charge in [-0.1, -0.05) is 17.7 Å². The van der Waals surface area contributed by atoms with Gasteiger partial charge in [0.05, 0.1) is 5.52 Å². The van der Waals surface area contributed by atoms with Crippen LogP contribution in [0.2, 0.25) is 0 Å². The van der Waals surface area contributed by atoms with Crippen LogP contribution in [0.15, 0.2) is 54.7 Å². The molecule has 0 amide bonds. The van der Waals surface area contributed by atoms with E-state index in [0.29, 0.717) is 5.69 Å². The van der Waals surface area contributed by atoms with Crippen molar-refractivity contribution in [2.24, 2.45) is 0 Å². The lowest BCUT2D eigenvalue weighted by molar-refractivity contribution is 0.488. The van der Waals surface area contributed by atoms with Gasteiger partial charge in [0.25, 0.3) is 0 Å². The van der Waals surface area contributed by atoms with Crippen molar-refractivity contribution in [3.63, 3.8) is 0 Å². The Kier molecular flexibility index (Phi) is 2.80. The number of ether oxygens (including phenoxy) is 1. The number of anilines is 1. The maximum Gasteiger partial charge on any atom is 0.138 e. The Hall–Kier alpha value is -2.55. The first kappa shape index (κ1) is 11.5. The number of hydrogen-bond acceptors (Lipinski definition) is 3. The van der Waals surface area contributed by atoms with Crippen molar-refractivity contribution in [3.8, 4) is 11.5 Å². The summed E-state index contributed by atoms with van der Waals surface area (Å²) in [6.45, 7) is 2.05. The number of hydrogen-bond donors (Lipinski definition) is 1. The molecule has 0 spiro atoms. The van der Waals surface area contributed by atoms with Crippen LogP contribution in [0.4, 0.5) is 5.69 Å². The van der Waals surface area contributed by atoms with Crippen LogP contribution in [-0.4, -0.2) is 4.98 Å². The van der Waals surface area contributed by atoms with Gasteiger partial charge in [-0.15, -0.1) is 0 Å². The quantitative estimate of drug-likeness (QED) is 0.701. The monoisotopic (exact) mass is 250 g/mol. The van der Waals surface area contributed by atoms with Gasteiger partial charge in [0.1, 0.15) is 11.5 Å². The van der Waals surface area contributed by atoms with E-state index in [-0.39, 0.29) is 0 Å². The molecule has 0 fully saturated rings. The predicted molar refractivity (Wildman–Crippen MR) is 77.4 cm³/mol. The number of nitrogens with zero attached hydrogens (tertiary/aromatic N) is 1. The number of fused-ring (bicyclic) bond motifs is 1. The van der Waals surface area contributed by atoms with Crippen molar-refractivity contribution < 1.29 is 4.74 Å². The molecule has 19 heavy (non-hydrogen) atoms. The van der Waals surface area contributed by atoms with E-state index in [1.54, 1.807) is 6.20 Å². The second kappa shape index (κ2) is 4.61. The summed E-state index contributed by atoms with van der Waals surface area (Å²) in [6.07, 6.45) is 1.73. The Labute approximate surface area is 111 Å². The molecule has 1 aromatic heterocycles. The van der Waals surface area contributed by atoms with Crippen LogP contribution in [0, 0.1) is 6.92 Å². The Balaban J connectivity index is 2.03. The van der Waals surface area contributed by atoms with E-state index in [4.69, 9.17) is 10.5 Å². The van der Waals surface area contributed by atoms with E-state index in [0.717, 1.165) is 22.4 Å². The van der Waals surface area contributed by atoms with E-state index in [1.165, 1.54) is 5.56 Å². The van der Waals surface area contributed by atoms with Gasteiger partial charge in [0, 0.05) is 17.3 Å². The summed E-state index contributed by atoms with van der Waals surface area (Å²) in [6, 6.07) is 15.5. The topological polar surface area (TPSA) is 48.1 Å². The third-order valence-electron chi connectivity index (χ3n) is 2.98. The highest BCUT2D eigenvalue weighted by molar-refractivity contribution is 5.87. The number of nitrogens with two attached hydrogens (primary N) is 1. The van der Waals surface area contributed by atoms with E-state index in [1.807, 2.05) is 55.5 Å². The molecule has 2 aromatic carbocycles. The van der Waals surface area contributed by atoms with Gasteiger partial charge in [-0.2, -0.15) is 0 Å². The Morgan fingerprint density at radius 2 is 1.79 bits per heavy atom. The van der Waals surface area contributed by atoms with Gasteiger partial charge >= 0.3 is 0 Å². The summed E-state index contributed by atoms with van der Waals surface area (Å²) >= 11 is 0. The van der Waals surface area contributed by atoms with Crippen molar-refractivity contribution in [2.45, 2.75) is 6.92 Å². The zero-order valence-electron chi connectivity index (χ0n) is 10.6. The molecule has 0 saturated carbocycles. The molecule has 0 aliphatic rings. The molecule has 3 nitrogen and oxygen atoms in total. The molecule has 3 heteroatoms. The molecule has 0 aliphatic heterocycles. The first-order chi connectivity index (χ1) is 9.22. The van der Waals surface area contributed by atoms with E-state index in [2.05, 4.69) is 4.98 Å². The third-order valence-corrected chi connectivity index (χ3v) is 2.98. The van der Waals surface area contributed by atoms with Crippen LogP contribution in [-0.2, 0) is 0 Å². The average molecular weight is 250 g/mol. The lowest BCUT2D eigenvalue weighted by atomic mass is 10.2. The predicted octanol–water partition coefficient (Wildman–Crippen LogP) is 3.92. The summed E-state index contributed by atoms with van der Waals surface area (Å²) in [5.74, 6) is 1.60. The highest BCUT2D eigenvalue weighted by atomic mass is 16.5. The van der Waals surface area contributed by atoms with Gasteiger partial charge in [0.15, 0.2) is 0 Å². The third kappa shape index (κ3) is 2.36. The molecular formula is C16H14N2O. The standard InChI is InChI=1S/C16H14N2O/c1-11-2-5-13(6-3-11)19-16-8-9-18-15-10-12(17)4-7-14(15)16/h2-10H,17H2,1H3. The van der Waals surface area contributed by atoms with Crippen LogP contribution in [0.3, 0.4) is 0 Å². The van der Waals surface area contributed by atoms with Crippen molar-refractivity contribution in [1.82, 2.24) is 4.98 Å². The van der Waals surface area contributed by atoms with Gasteiger partial charge in [-0.25, -0.2) is 0 Å². The molecular weight excluding hydrogens is 236 g/mol. The molecule has 0 saturated heterocycles. The first-order valence-corrected chi connectivity index (χ1v) is 6.11. The molecule has 1 heterocycles. The van der Waals surface area contributed by atoms with Gasteiger partial charge < -0.3 is 10.5 Å². The molecule has 3 rings (SSSR count). The Bertz CT molecular complexity index is 720. The Morgan fingerprint density at radius 3 is 2.58 bits per heavy atom. The van der Waals surface area contributed by atoms with Crippen LogP contribution in [0.1, 0.15) is 5.56 Å². The number of benzene rings is 2. The molecule has 3 aromatic rings. The van der Waals surface area contributed by atoms with E-state index < -0.39 is 0 Å². The minimum absolute atomic E-state index is 0.701. The van der Waals surface area contributed by atoms with Crippen LogP contribution < -0.4 is 10.5 Å². The minimum atomic E-state index is 0.701. The summed E-state index contributed by atoms with van der Waals surface area (Å²) in [5, 5.41) is 0.956. The number of nitrogen functional groups attached to an aromatic ring is 1. The number of aryl methyl sites for hydroxylation is 1. The maximum atomic E-state index is 5.91. The lowest BCUT2D eigenvalue weighted by Crippen LogP contribution is -1.90. The highest BCUT2D eigenvalue weighted by Gasteiger charge is 2.04. The molecule has 2 N–H and O–H groups in total. The van der Waals surface area contributed by atoms with Crippen molar-refractivity contribution in [3.05, 3.63) is 60.3 Å². The first-order valence-electron chi connectivity index (χ1n) is 6.11. The van der Waals surface area contributed by atoms with Crippen molar-refractivity contribution in [2.75, 3.05) is 5.73 Å². The lowest BCUT2D eigenvalue weighted by Gasteiger charge is -2.09. The molecule has 0 bridgehead atoms. The van der Waals surface area contributed by atoms with Crippen molar-refractivity contribution >= 4 is 16.6 Å². The minimum Gasteiger partial charge on any atom is -0.457 e. The maximum absolute atomic E-state index is 5.91. The highest BCUT2D eigenvalue weighted by Crippen LogP contribution is 2.29. The fraction of sp³-hybridized carbons (Fsp3) is 0.0625. The summed E-state index contributed by atoms with van der Waals surface area (Å²) in [7, 11) is 0. The molecule has 0 unspecified atom stereocenters. The molecule has 0 aliphatic carbocycles. The van der Waals surface area contributed by atoms with Gasteiger partial charge in [-0.05, 0) is 43.3 Å². The zero-order valence-corrected chi connectivity index (χ0v) is 10.6. The summed E-state index contributed by atoms with van der Waals surface area (Å²) in [4.78, 5) is 4.30. The van der Waals surface area contributed by atoms with Gasteiger partial charge in [0.2, 0.25) is 0 Å². The normalized spacial score (nSPS) is 10.6. The largest absolute Gasteiger partial charge is 0.457 e. The van der Waals surface area contributed by atoms with E-state index >= 15 is 0 Å². The second-order valence-corrected chi connectivity index (χ2v) is 4.50. The van der Waals surface area contributed by atoms with Crippen molar-refractivity contribution in [1.29, 1.82) is 0 Å². The fourth-order valence-corrected chi connectivity index (χ4v) is 1.96.